The van der Waals surface area contributed by atoms with E-state index < -0.39 is 22.2 Å². The third-order valence-electron chi connectivity index (χ3n) is 2.54. The second kappa shape index (κ2) is 6.71. The number of carboxylic acid groups (broad SMARTS) is 1. The molecule has 1 saturated heterocycles. The molecule has 106 valence electrons. The van der Waals surface area contributed by atoms with E-state index >= 15 is 0 Å². The second-order valence-electron chi connectivity index (χ2n) is 3.77. The maximum Gasteiger partial charge on any atom is 0.322 e. The van der Waals surface area contributed by atoms with Crippen molar-refractivity contribution in [2.45, 2.75) is 24.8 Å². The molecule has 1 heterocycles. The van der Waals surface area contributed by atoms with Gasteiger partial charge in [0.2, 0.25) is 0 Å². The van der Waals surface area contributed by atoms with Gasteiger partial charge in [0.15, 0.2) is 0 Å². The lowest BCUT2D eigenvalue weighted by Gasteiger charge is -2.25. The van der Waals surface area contributed by atoms with Gasteiger partial charge < -0.3 is 9.84 Å². The quantitative estimate of drug-likeness (QED) is 0.627. The van der Waals surface area contributed by atoms with Gasteiger partial charge >= 0.3 is 5.97 Å². The molecule has 18 heavy (non-hydrogen) atoms. The maximum atomic E-state index is 12.1. The number of carbonyl (C=O) groups is 1. The number of rotatable bonds is 7. The Morgan fingerprint density at radius 3 is 2.78 bits per heavy atom. The van der Waals surface area contributed by atoms with Gasteiger partial charge in [-0.05, 0) is 6.42 Å². The number of hydrogen-bond acceptors (Lipinski definition) is 5. The Labute approximate surface area is 111 Å². The summed E-state index contributed by atoms with van der Waals surface area (Å²) in [6, 6.07) is -1.00. The van der Waals surface area contributed by atoms with E-state index in [9.17, 15) is 13.2 Å². The number of carboxylic acids is 1. The van der Waals surface area contributed by atoms with Gasteiger partial charge in [-0.1, -0.05) is 6.92 Å². The standard InChI is InChI=1S/C9H18N2O5S2/c1-3-8-11(7(6-17-8)9(12)13)18(14,15)10-4-5-16-2/h7-8,10H,3-6H2,1-2H3,(H,12,13). The SMILES string of the molecule is CCC1SCC(C(=O)O)N1S(=O)(=O)NCCOC. The van der Waals surface area contributed by atoms with Crippen molar-refractivity contribution in [3.05, 3.63) is 0 Å². The normalized spacial score (nSPS) is 25.4. The molecular formula is C9H18N2O5S2. The molecule has 0 spiro atoms. The minimum absolute atomic E-state index is 0.128. The highest BCUT2D eigenvalue weighted by atomic mass is 32.2. The van der Waals surface area contributed by atoms with E-state index in [-0.39, 0.29) is 24.3 Å². The molecule has 0 aromatic carbocycles. The van der Waals surface area contributed by atoms with Gasteiger partial charge in [0.05, 0.1) is 12.0 Å². The maximum absolute atomic E-state index is 12.1. The van der Waals surface area contributed by atoms with E-state index in [1.807, 2.05) is 6.92 Å². The van der Waals surface area contributed by atoms with Crippen molar-refractivity contribution >= 4 is 27.9 Å². The van der Waals surface area contributed by atoms with Gasteiger partial charge in [-0.3, -0.25) is 4.79 Å². The average molecular weight is 298 g/mol. The van der Waals surface area contributed by atoms with Crippen LogP contribution in [0.25, 0.3) is 0 Å². The van der Waals surface area contributed by atoms with Crippen LogP contribution in [0.5, 0.6) is 0 Å². The monoisotopic (exact) mass is 298 g/mol. The lowest BCUT2D eigenvalue weighted by molar-refractivity contribution is -0.140. The molecule has 0 aromatic rings. The van der Waals surface area contributed by atoms with Gasteiger partial charge in [0, 0.05) is 19.4 Å². The molecule has 1 aliphatic rings. The summed E-state index contributed by atoms with van der Waals surface area (Å²) in [6.07, 6.45) is 0.569. The minimum atomic E-state index is -3.79. The molecule has 1 rings (SSSR count). The molecule has 0 bridgehead atoms. The number of aliphatic carboxylic acids is 1. The number of ether oxygens (including phenoxy) is 1. The van der Waals surface area contributed by atoms with E-state index in [1.54, 1.807) is 0 Å². The van der Waals surface area contributed by atoms with Crippen molar-refractivity contribution in [1.29, 1.82) is 0 Å². The summed E-state index contributed by atoms with van der Waals surface area (Å²) in [5.41, 5.74) is 0. The lowest BCUT2D eigenvalue weighted by Crippen LogP contribution is -2.50. The van der Waals surface area contributed by atoms with Gasteiger partial charge in [0.25, 0.3) is 10.2 Å². The Kier molecular flexibility index (Phi) is 5.86. The van der Waals surface area contributed by atoms with Crippen LogP contribution in [0.15, 0.2) is 0 Å². The molecule has 0 amide bonds. The van der Waals surface area contributed by atoms with Crippen LogP contribution in [0, 0.1) is 0 Å². The summed E-state index contributed by atoms with van der Waals surface area (Å²) >= 11 is 1.35. The van der Waals surface area contributed by atoms with E-state index in [4.69, 9.17) is 9.84 Å². The molecule has 0 saturated carbocycles. The molecule has 2 N–H and O–H groups in total. The highest BCUT2D eigenvalue weighted by Gasteiger charge is 2.44. The Morgan fingerprint density at radius 1 is 1.61 bits per heavy atom. The zero-order valence-corrected chi connectivity index (χ0v) is 12.0. The molecule has 1 aliphatic heterocycles. The van der Waals surface area contributed by atoms with Crippen molar-refractivity contribution in [2.75, 3.05) is 26.0 Å². The van der Waals surface area contributed by atoms with Crippen molar-refractivity contribution in [2.24, 2.45) is 0 Å². The largest absolute Gasteiger partial charge is 0.480 e. The summed E-state index contributed by atoms with van der Waals surface area (Å²) in [6.45, 7) is 2.21. The summed E-state index contributed by atoms with van der Waals surface area (Å²) in [5, 5.41) is 8.73. The fourth-order valence-corrected chi connectivity index (χ4v) is 5.00. The molecule has 2 atom stereocenters. The fourth-order valence-electron chi connectivity index (χ4n) is 1.70. The number of methoxy groups -OCH3 is 1. The smallest absolute Gasteiger partial charge is 0.322 e. The van der Waals surface area contributed by atoms with Crippen molar-refractivity contribution in [3.8, 4) is 0 Å². The molecule has 2 unspecified atom stereocenters. The van der Waals surface area contributed by atoms with Crippen LogP contribution in [0.1, 0.15) is 13.3 Å². The Bertz CT molecular complexity index is 386. The number of nitrogens with one attached hydrogen (secondary N) is 1. The second-order valence-corrected chi connectivity index (χ2v) is 6.64. The molecule has 7 nitrogen and oxygen atoms in total. The minimum Gasteiger partial charge on any atom is -0.480 e. The van der Waals surface area contributed by atoms with Gasteiger partial charge in [-0.15, -0.1) is 11.8 Å². The first-order valence-electron chi connectivity index (χ1n) is 5.55. The summed E-state index contributed by atoms with van der Waals surface area (Å²) in [5.74, 6) is -0.838. The van der Waals surface area contributed by atoms with Crippen LogP contribution in [0.4, 0.5) is 0 Å². The van der Waals surface area contributed by atoms with Crippen LogP contribution >= 0.6 is 11.8 Å². The van der Waals surface area contributed by atoms with E-state index in [1.165, 1.54) is 18.9 Å². The van der Waals surface area contributed by atoms with Crippen molar-refractivity contribution in [3.63, 3.8) is 0 Å². The first-order chi connectivity index (χ1) is 8.44. The third-order valence-corrected chi connectivity index (χ3v) is 5.76. The molecule has 0 radical (unpaired) electrons. The summed E-state index contributed by atoms with van der Waals surface area (Å²) in [4.78, 5) is 11.1. The molecule has 0 aromatic heterocycles. The third kappa shape index (κ3) is 3.58. The molecular weight excluding hydrogens is 280 g/mol. The van der Waals surface area contributed by atoms with Gasteiger partial charge in [0.1, 0.15) is 6.04 Å². The average Bonchev–Trinajstić information content (AvgIpc) is 2.73. The highest BCUT2D eigenvalue weighted by molar-refractivity contribution is 8.01. The number of hydrogen-bond donors (Lipinski definition) is 2. The van der Waals surface area contributed by atoms with Gasteiger partial charge in [-0.25, -0.2) is 0 Å². The topological polar surface area (TPSA) is 95.9 Å². The Hall–Kier alpha value is -0.350. The molecule has 1 fully saturated rings. The fraction of sp³-hybridized carbons (Fsp3) is 0.889. The van der Waals surface area contributed by atoms with Crippen LogP contribution < -0.4 is 4.72 Å². The number of nitrogens with zero attached hydrogens (tertiary/aromatic N) is 1. The number of thioether (sulfide) groups is 1. The van der Waals surface area contributed by atoms with Gasteiger partial charge in [-0.2, -0.15) is 17.4 Å². The molecule has 9 heteroatoms. The van der Waals surface area contributed by atoms with E-state index in [2.05, 4.69) is 4.72 Å². The first kappa shape index (κ1) is 15.7. The van der Waals surface area contributed by atoms with Crippen molar-refractivity contribution in [1.82, 2.24) is 9.03 Å². The lowest BCUT2D eigenvalue weighted by atomic mass is 10.3. The Morgan fingerprint density at radius 2 is 2.28 bits per heavy atom. The predicted octanol–water partition coefficient (Wildman–Crippen LogP) is -0.295. The van der Waals surface area contributed by atoms with Crippen LogP contribution in [-0.4, -0.2) is 61.2 Å². The zero-order chi connectivity index (χ0) is 13.8. The van der Waals surface area contributed by atoms with Crippen LogP contribution in [-0.2, 0) is 19.7 Å². The van der Waals surface area contributed by atoms with E-state index in [0.717, 1.165) is 4.31 Å². The molecule has 0 aliphatic carbocycles. The van der Waals surface area contributed by atoms with Crippen LogP contribution in [0.2, 0.25) is 0 Å². The first-order valence-corrected chi connectivity index (χ1v) is 8.04. The highest BCUT2D eigenvalue weighted by Crippen LogP contribution is 2.33. The Balaban J connectivity index is 2.83. The summed E-state index contributed by atoms with van der Waals surface area (Å²) < 4.78 is 32.3. The van der Waals surface area contributed by atoms with Crippen LogP contribution in [0.3, 0.4) is 0 Å². The predicted molar refractivity (Wildman–Crippen MR) is 68.6 cm³/mol. The van der Waals surface area contributed by atoms with E-state index in [0.29, 0.717) is 6.42 Å². The van der Waals surface area contributed by atoms with Crippen molar-refractivity contribution < 1.29 is 23.1 Å². The zero-order valence-electron chi connectivity index (χ0n) is 10.3. The summed E-state index contributed by atoms with van der Waals surface area (Å²) in [7, 11) is -2.32.